The first kappa shape index (κ1) is 17.9. The molecule has 0 fully saturated rings. The van der Waals surface area contributed by atoms with Crippen molar-refractivity contribution < 1.29 is 26.4 Å². The van der Waals surface area contributed by atoms with E-state index in [1.807, 2.05) is 0 Å². The number of alkyl halides is 3. The summed E-state index contributed by atoms with van der Waals surface area (Å²) >= 11 is 3.04. The molecule has 0 atom stereocenters. The summed E-state index contributed by atoms with van der Waals surface area (Å²) in [6.45, 7) is 1.46. The van der Waals surface area contributed by atoms with Crippen LogP contribution in [0.15, 0.2) is 21.5 Å². The fraction of sp³-hybridized carbons (Fsp3) is 0.364. The number of hydrogen-bond acceptors (Lipinski definition) is 3. The van der Waals surface area contributed by atoms with Gasteiger partial charge in [-0.25, -0.2) is 13.6 Å². The van der Waals surface area contributed by atoms with Crippen LogP contribution in [0.4, 0.5) is 18.9 Å². The Labute approximate surface area is 127 Å². The van der Waals surface area contributed by atoms with Gasteiger partial charge in [0.25, 0.3) is 0 Å². The van der Waals surface area contributed by atoms with Crippen molar-refractivity contribution in [1.82, 2.24) is 0 Å². The first-order valence-electron chi connectivity index (χ1n) is 5.60. The van der Waals surface area contributed by atoms with E-state index < -0.39 is 34.9 Å². The predicted octanol–water partition coefficient (Wildman–Crippen LogP) is 2.69. The van der Waals surface area contributed by atoms with Crippen LogP contribution in [0.25, 0.3) is 0 Å². The van der Waals surface area contributed by atoms with Gasteiger partial charge in [-0.15, -0.1) is 0 Å². The number of carbonyl (C=O) groups is 1. The molecule has 0 heterocycles. The summed E-state index contributed by atoms with van der Waals surface area (Å²) in [5, 5.41) is 7.29. The van der Waals surface area contributed by atoms with Gasteiger partial charge in [0.2, 0.25) is 15.9 Å². The first-order valence-corrected chi connectivity index (χ1v) is 7.93. The van der Waals surface area contributed by atoms with Crippen molar-refractivity contribution in [1.29, 1.82) is 0 Å². The monoisotopic (exact) mass is 388 g/mol. The molecule has 0 aliphatic heterocycles. The van der Waals surface area contributed by atoms with Gasteiger partial charge < -0.3 is 5.32 Å². The van der Waals surface area contributed by atoms with Crippen LogP contribution < -0.4 is 10.5 Å². The Morgan fingerprint density at radius 3 is 2.43 bits per heavy atom. The minimum absolute atomic E-state index is 0.136. The van der Waals surface area contributed by atoms with Crippen LogP contribution in [-0.2, 0) is 14.8 Å². The third-order valence-corrected chi connectivity index (χ3v) is 4.19. The van der Waals surface area contributed by atoms with Gasteiger partial charge in [0.1, 0.15) is 0 Å². The van der Waals surface area contributed by atoms with Gasteiger partial charge in [-0.1, -0.05) is 0 Å². The molecule has 0 spiro atoms. The van der Waals surface area contributed by atoms with Crippen LogP contribution in [0.3, 0.4) is 0 Å². The average molecular weight is 389 g/mol. The molecule has 21 heavy (non-hydrogen) atoms. The molecule has 0 saturated carbocycles. The Kier molecular flexibility index (Phi) is 5.40. The maximum atomic E-state index is 12.0. The van der Waals surface area contributed by atoms with Crippen molar-refractivity contribution in [2.24, 2.45) is 5.14 Å². The minimum atomic E-state index is -4.41. The van der Waals surface area contributed by atoms with Crippen LogP contribution in [0.5, 0.6) is 0 Å². The third kappa shape index (κ3) is 5.64. The fourth-order valence-electron chi connectivity index (χ4n) is 1.53. The van der Waals surface area contributed by atoms with Crippen molar-refractivity contribution in [2.45, 2.75) is 30.8 Å². The number of rotatable bonds is 4. The van der Waals surface area contributed by atoms with Crippen LogP contribution in [-0.4, -0.2) is 20.5 Å². The lowest BCUT2D eigenvalue weighted by Crippen LogP contribution is -2.18. The number of anilines is 1. The molecule has 0 aliphatic rings. The van der Waals surface area contributed by atoms with Gasteiger partial charge in [0, 0.05) is 10.9 Å². The second-order valence-electron chi connectivity index (χ2n) is 4.31. The minimum Gasteiger partial charge on any atom is -0.325 e. The number of carbonyl (C=O) groups excluding carboxylic acids is 1. The lowest BCUT2D eigenvalue weighted by atomic mass is 10.2. The topological polar surface area (TPSA) is 89.3 Å². The molecular formula is C11H12BrF3N2O3S. The van der Waals surface area contributed by atoms with Gasteiger partial charge in [0.15, 0.2) is 0 Å². The second kappa shape index (κ2) is 6.32. The standard InChI is InChI=1S/C11H12BrF3N2O3S/c1-6-4-8(7(12)5-9(6)21(16,19)20)17-10(18)2-3-11(13,14)15/h4-5H,2-3H2,1H3,(H,17,18)(H2,16,19,20). The molecular weight excluding hydrogens is 377 g/mol. The van der Waals surface area contributed by atoms with E-state index in [4.69, 9.17) is 5.14 Å². The molecule has 1 aromatic rings. The molecule has 0 radical (unpaired) electrons. The molecule has 3 N–H and O–H groups in total. The molecule has 1 rings (SSSR count). The largest absolute Gasteiger partial charge is 0.389 e. The smallest absolute Gasteiger partial charge is 0.325 e. The number of benzene rings is 1. The molecule has 1 aromatic carbocycles. The molecule has 0 bridgehead atoms. The van der Waals surface area contributed by atoms with E-state index in [1.165, 1.54) is 19.1 Å². The lowest BCUT2D eigenvalue weighted by Gasteiger charge is -2.12. The summed E-state index contributed by atoms with van der Waals surface area (Å²) in [6, 6.07) is 2.50. The Morgan fingerprint density at radius 1 is 1.38 bits per heavy atom. The normalized spacial score (nSPS) is 12.3. The third-order valence-electron chi connectivity index (χ3n) is 2.48. The Morgan fingerprint density at radius 2 is 1.95 bits per heavy atom. The number of halogens is 4. The number of primary sulfonamides is 1. The Hall–Kier alpha value is -1.13. The SMILES string of the molecule is Cc1cc(NC(=O)CCC(F)(F)F)c(Br)cc1S(N)(=O)=O. The molecule has 5 nitrogen and oxygen atoms in total. The highest BCUT2D eigenvalue weighted by Gasteiger charge is 2.28. The maximum Gasteiger partial charge on any atom is 0.389 e. The van der Waals surface area contributed by atoms with Gasteiger partial charge in [0.05, 0.1) is 17.0 Å². The van der Waals surface area contributed by atoms with E-state index in [-0.39, 0.29) is 20.6 Å². The van der Waals surface area contributed by atoms with Gasteiger partial charge in [-0.3, -0.25) is 4.79 Å². The van der Waals surface area contributed by atoms with E-state index in [1.54, 1.807) is 0 Å². The van der Waals surface area contributed by atoms with Crippen LogP contribution in [0, 0.1) is 6.92 Å². The van der Waals surface area contributed by atoms with Crippen LogP contribution >= 0.6 is 15.9 Å². The fourth-order valence-corrected chi connectivity index (χ4v) is 2.92. The van der Waals surface area contributed by atoms with Gasteiger partial charge in [-0.2, -0.15) is 13.2 Å². The number of sulfonamides is 1. The maximum absolute atomic E-state index is 12.0. The van der Waals surface area contributed by atoms with E-state index in [0.29, 0.717) is 0 Å². The average Bonchev–Trinajstić information content (AvgIpc) is 2.28. The number of amides is 1. The summed E-state index contributed by atoms with van der Waals surface area (Å²) in [4.78, 5) is 11.3. The summed E-state index contributed by atoms with van der Waals surface area (Å²) in [5.41, 5.74) is 0.443. The predicted molar refractivity (Wildman–Crippen MR) is 74.2 cm³/mol. The van der Waals surface area contributed by atoms with Crippen LogP contribution in [0.2, 0.25) is 0 Å². The quantitative estimate of drug-likeness (QED) is 0.830. The van der Waals surface area contributed by atoms with Crippen molar-refractivity contribution >= 4 is 37.5 Å². The zero-order chi connectivity index (χ0) is 16.4. The van der Waals surface area contributed by atoms with E-state index in [0.717, 1.165) is 0 Å². The Bertz CT molecular complexity index is 659. The summed E-state index contributed by atoms with van der Waals surface area (Å²) in [6.07, 6.45) is -6.36. The van der Waals surface area contributed by atoms with Gasteiger partial charge in [-0.05, 0) is 40.5 Å². The van der Waals surface area contributed by atoms with E-state index in [2.05, 4.69) is 21.2 Å². The van der Waals surface area contributed by atoms with Crippen molar-refractivity contribution in [3.05, 3.63) is 22.2 Å². The summed E-state index contributed by atoms with van der Waals surface area (Å²) < 4.78 is 58.8. The number of aryl methyl sites for hydroxylation is 1. The van der Waals surface area contributed by atoms with E-state index in [9.17, 15) is 26.4 Å². The highest BCUT2D eigenvalue weighted by atomic mass is 79.9. The number of nitrogens with two attached hydrogens (primary N) is 1. The van der Waals surface area contributed by atoms with Crippen molar-refractivity contribution in [3.63, 3.8) is 0 Å². The summed E-state index contributed by atoms with van der Waals surface area (Å²) in [5.74, 6) is -0.823. The van der Waals surface area contributed by atoms with Crippen molar-refractivity contribution in [2.75, 3.05) is 5.32 Å². The molecule has 10 heteroatoms. The van der Waals surface area contributed by atoms with E-state index >= 15 is 0 Å². The first-order chi connectivity index (χ1) is 9.40. The number of nitrogens with one attached hydrogen (secondary N) is 1. The highest BCUT2D eigenvalue weighted by molar-refractivity contribution is 9.10. The molecule has 0 aliphatic carbocycles. The molecule has 0 aromatic heterocycles. The van der Waals surface area contributed by atoms with Gasteiger partial charge >= 0.3 is 6.18 Å². The van der Waals surface area contributed by atoms with Crippen molar-refractivity contribution in [3.8, 4) is 0 Å². The second-order valence-corrected chi connectivity index (χ2v) is 6.69. The molecule has 118 valence electrons. The highest BCUT2D eigenvalue weighted by Crippen LogP contribution is 2.29. The zero-order valence-corrected chi connectivity index (χ0v) is 13.2. The Balaban J connectivity index is 2.91. The number of hydrogen-bond donors (Lipinski definition) is 2. The zero-order valence-electron chi connectivity index (χ0n) is 10.8. The van der Waals surface area contributed by atoms with Crippen LogP contribution in [0.1, 0.15) is 18.4 Å². The molecule has 0 unspecified atom stereocenters. The molecule has 0 saturated heterocycles. The lowest BCUT2D eigenvalue weighted by molar-refractivity contribution is -0.142. The molecule has 1 amide bonds. The summed E-state index contributed by atoms with van der Waals surface area (Å²) in [7, 11) is -3.92.